The van der Waals surface area contributed by atoms with Gasteiger partial charge < -0.3 is 0 Å². The van der Waals surface area contributed by atoms with Crippen molar-refractivity contribution in [1.29, 1.82) is 0 Å². The normalized spacial score (nSPS) is 10.9. The van der Waals surface area contributed by atoms with Crippen molar-refractivity contribution in [3.63, 3.8) is 0 Å². The summed E-state index contributed by atoms with van der Waals surface area (Å²) < 4.78 is 2.35. The maximum absolute atomic E-state index is 3.66. The standard InChI is InChI=1S/C16H16Br2S3/c1-3-19-15-7-5-11(9-13(15)17)21-12-6-8-16(20-4-2)14(18)10-12/h5-10H,3-4H2,1-2H3. The van der Waals surface area contributed by atoms with E-state index in [9.17, 15) is 0 Å². The fraction of sp³-hybridized carbons (Fsp3) is 0.250. The number of hydrogen-bond donors (Lipinski definition) is 0. The summed E-state index contributed by atoms with van der Waals surface area (Å²) in [6, 6.07) is 13.2. The number of hydrogen-bond acceptors (Lipinski definition) is 3. The van der Waals surface area contributed by atoms with Crippen LogP contribution >= 0.6 is 67.1 Å². The molecular formula is C16H16Br2S3. The van der Waals surface area contributed by atoms with E-state index in [0.717, 1.165) is 11.5 Å². The Morgan fingerprint density at radius 3 is 1.52 bits per heavy atom. The zero-order valence-corrected chi connectivity index (χ0v) is 17.5. The van der Waals surface area contributed by atoms with Crippen molar-refractivity contribution < 1.29 is 0 Å². The van der Waals surface area contributed by atoms with E-state index in [0.29, 0.717) is 0 Å². The zero-order chi connectivity index (χ0) is 15.2. The topological polar surface area (TPSA) is 0 Å². The van der Waals surface area contributed by atoms with Crippen LogP contribution in [-0.4, -0.2) is 11.5 Å². The maximum Gasteiger partial charge on any atom is 0.0322 e. The predicted molar refractivity (Wildman–Crippen MR) is 105 cm³/mol. The second-order valence-corrected chi connectivity index (χ2v) is 9.62. The molecule has 0 spiro atoms. The third kappa shape index (κ3) is 5.24. The lowest BCUT2D eigenvalue weighted by molar-refractivity contribution is 1.28. The Kier molecular flexibility index (Phi) is 7.56. The van der Waals surface area contributed by atoms with Crippen LogP contribution in [-0.2, 0) is 0 Å². The molecule has 2 rings (SSSR count). The Balaban J connectivity index is 2.14. The minimum atomic E-state index is 1.09. The first-order valence-electron chi connectivity index (χ1n) is 6.66. The summed E-state index contributed by atoms with van der Waals surface area (Å²) in [7, 11) is 0. The molecule has 0 aliphatic carbocycles. The van der Waals surface area contributed by atoms with Crippen LogP contribution in [0.1, 0.15) is 13.8 Å². The summed E-state index contributed by atoms with van der Waals surface area (Å²) in [5.74, 6) is 2.18. The average molecular weight is 464 g/mol. The summed E-state index contributed by atoms with van der Waals surface area (Å²) in [6.45, 7) is 4.35. The van der Waals surface area contributed by atoms with Gasteiger partial charge in [-0.05, 0) is 79.8 Å². The van der Waals surface area contributed by atoms with Crippen LogP contribution in [0, 0.1) is 0 Å². The van der Waals surface area contributed by atoms with Crippen LogP contribution < -0.4 is 0 Å². The molecule has 0 saturated heterocycles. The molecular weight excluding hydrogens is 448 g/mol. The van der Waals surface area contributed by atoms with Crippen LogP contribution in [0.2, 0.25) is 0 Å². The highest BCUT2D eigenvalue weighted by molar-refractivity contribution is 9.10. The van der Waals surface area contributed by atoms with Gasteiger partial charge in [-0.25, -0.2) is 0 Å². The quantitative estimate of drug-likeness (QED) is 0.405. The van der Waals surface area contributed by atoms with Crippen molar-refractivity contribution in [2.45, 2.75) is 33.4 Å². The minimum absolute atomic E-state index is 1.09. The van der Waals surface area contributed by atoms with E-state index in [1.54, 1.807) is 11.8 Å². The van der Waals surface area contributed by atoms with Crippen LogP contribution in [0.5, 0.6) is 0 Å². The molecule has 0 aliphatic heterocycles. The van der Waals surface area contributed by atoms with Crippen LogP contribution in [0.3, 0.4) is 0 Å². The molecule has 0 bridgehead atoms. The molecule has 2 aromatic rings. The molecule has 5 heteroatoms. The van der Waals surface area contributed by atoms with Crippen LogP contribution in [0.25, 0.3) is 0 Å². The molecule has 0 heterocycles. The Hall–Kier alpha value is 0.450. The minimum Gasteiger partial charge on any atom is -0.125 e. The van der Waals surface area contributed by atoms with Gasteiger partial charge in [0.1, 0.15) is 0 Å². The number of benzene rings is 2. The highest BCUT2D eigenvalue weighted by Gasteiger charge is 2.06. The lowest BCUT2D eigenvalue weighted by Gasteiger charge is -2.08. The first-order chi connectivity index (χ1) is 10.1. The van der Waals surface area contributed by atoms with E-state index in [2.05, 4.69) is 82.1 Å². The molecule has 0 unspecified atom stereocenters. The lowest BCUT2D eigenvalue weighted by Crippen LogP contribution is -1.81. The summed E-state index contributed by atoms with van der Waals surface area (Å²) in [5.41, 5.74) is 0. The molecule has 0 aromatic heterocycles. The van der Waals surface area contributed by atoms with Crippen LogP contribution in [0.15, 0.2) is 64.9 Å². The average Bonchev–Trinajstić information content (AvgIpc) is 2.45. The molecule has 0 nitrogen and oxygen atoms in total. The summed E-state index contributed by atoms with van der Waals surface area (Å²) in [6.07, 6.45) is 0. The van der Waals surface area contributed by atoms with Crippen molar-refractivity contribution >= 4 is 67.1 Å². The largest absolute Gasteiger partial charge is 0.125 e. The Bertz CT molecular complexity index is 561. The zero-order valence-electron chi connectivity index (χ0n) is 11.9. The van der Waals surface area contributed by atoms with Gasteiger partial charge in [0.25, 0.3) is 0 Å². The van der Waals surface area contributed by atoms with Gasteiger partial charge in [-0.15, -0.1) is 23.5 Å². The summed E-state index contributed by atoms with van der Waals surface area (Å²) in [4.78, 5) is 5.12. The van der Waals surface area contributed by atoms with Gasteiger partial charge in [-0.1, -0.05) is 25.6 Å². The molecule has 0 amide bonds. The van der Waals surface area contributed by atoms with Gasteiger partial charge in [0, 0.05) is 28.5 Å². The molecule has 0 fully saturated rings. The van der Waals surface area contributed by atoms with Gasteiger partial charge in [0.2, 0.25) is 0 Å². The van der Waals surface area contributed by atoms with Gasteiger partial charge >= 0.3 is 0 Å². The van der Waals surface area contributed by atoms with E-state index in [4.69, 9.17) is 0 Å². The lowest BCUT2D eigenvalue weighted by atomic mass is 10.4. The van der Waals surface area contributed by atoms with Crippen molar-refractivity contribution in [2.24, 2.45) is 0 Å². The molecule has 0 radical (unpaired) electrons. The molecule has 0 N–H and O–H groups in total. The third-order valence-corrected chi connectivity index (χ3v) is 7.37. The molecule has 2 aromatic carbocycles. The summed E-state index contributed by atoms with van der Waals surface area (Å²) in [5, 5.41) is 0. The van der Waals surface area contributed by atoms with Crippen molar-refractivity contribution in [3.05, 3.63) is 45.3 Å². The Labute approximate surface area is 156 Å². The third-order valence-electron chi connectivity index (χ3n) is 2.64. The Morgan fingerprint density at radius 1 is 0.762 bits per heavy atom. The van der Waals surface area contributed by atoms with E-state index < -0.39 is 0 Å². The fourth-order valence-electron chi connectivity index (χ4n) is 1.77. The highest BCUT2D eigenvalue weighted by Crippen LogP contribution is 2.37. The van der Waals surface area contributed by atoms with Gasteiger partial charge in [0.15, 0.2) is 0 Å². The van der Waals surface area contributed by atoms with Crippen LogP contribution in [0.4, 0.5) is 0 Å². The molecule has 0 atom stereocenters. The molecule has 112 valence electrons. The Morgan fingerprint density at radius 2 is 1.19 bits per heavy atom. The maximum atomic E-state index is 3.66. The number of rotatable bonds is 6. The molecule has 21 heavy (non-hydrogen) atoms. The predicted octanol–water partition coefficient (Wildman–Crippen LogP) is 7.59. The monoisotopic (exact) mass is 462 g/mol. The van der Waals surface area contributed by atoms with E-state index in [1.165, 1.54) is 28.5 Å². The second kappa shape index (κ2) is 8.92. The SMILES string of the molecule is CCSc1ccc(Sc2ccc(SCC)c(Br)c2)cc1Br. The molecule has 0 saturated carbocycles. The second-order valence-electron chi connectivity index (χ2n) is 4.15. The number of thioether (sulfide) groups is 2. The smallest absolute Gasteiger partial charge is 0.0322 e. The fourth-order valence-corrected chi connectivity index (χ4v) is 5.76. The van der Waals surface area contributed by atoms with Crippen molar-refractivity contribution in [3.8, 4) is 0 Å². The first-order valence-corrected chi connectivity index (χ1v) is 11.0. The van der Waals surface area contributed by atoms with E-state index in [-0.39, 0.29) is 0 Å². The van der Waals surface area contributed by atoms with Gasteiger partial charge in [-0.2, -0.15) is 0 Å². The highest BCUT2D eigenvalue weighted by atomic mass is 79.9. The van der Waals surface area contributed by atoms with Crippen molar-refractivity contribution in [2.75, 3.05) is 11.5 Å². The van der Waals surface area contributed by atoms with E-state index >= 15 is 0 Å². The summed E-state index contributed by atoms with van der Waals surface area (Å²) >= 11 is 12.8. The van der Waals surface area contributed by atoms with E-state index in [1.807, 2.05) is 23.5 Å². The van der Waals surface area contributed by atoms with Crippen molar-refractivity contribution in [1.82, 2.24) is 0 Å². The molecule has 0 aliphatic rings. The first kappa shape index (κ1) is 17.8. The number of halogens is 2. The van der Waals surface area contributed by atoms with Gasteiger partial charge in [0.05, 0.1) is 0 Å². The van der Waals surface area contributed by atoms with Gasteiger partial charge in [-0.3, -0.25) is 0 Å².